The maximum atomic E-state index is 15.9. The number of halogens is 1. The van der Waals surface area contributed by atoms with Crippen molar-refractivity contribution in [1.82, 2.24) is 39.0 Å². The molecule has 4 aromatic rings. The van der Waals surface area contributed by atoms with Gasteiger partial charge in [0.25, 0.3) is 5.56 Å². The number of nitrogens with one attached hydrogen (secondary N) is 1. The molecule has 25 heteroatoms. The zero-order valence-corrected chi connectivity index (χ0v) is 24.1. The molecule has 4 aromatic heterocycles. The van der Waals surface area contributed by atoms with Crippen molar-refractivity contribution >= 4 is 49.7 Å². The summed E-state index contributed by atoms with van der Waals surface area (Å²) in [6, 6.07) is 0. The zero-order valence-electron chi connectivity index (χ0n) is 22.3. The largest absolute Gasteiger partial charge is 0.472 e. The Bertz CT molecular complexity index is 1940. The molecule has 3 aliphatic heterocycles. The van der Waals surface area contributed by atoms with Crippen molar-refractivity contribution in [3.05, 3.63) is 29.3 Å². The van der Waals surface area contributed by atoms with E-state index < -0.39 is 83.6 Å². The number of nitrogens with zero attached hydrogens (tertiary/aromatic N) is 7. The molecule has 0 spiro atoms. The van der Waals surface area contributed by atoms with Gasteiger partial charge in [0, 0.05) is 0 Å². The van der Waals surface area contributed by atoms with Crippen LogP contribution in [0, 0.1) is 0 Å². The molecular weight excluding hydrogens is 653 g/mol. The van der Waals surface area contributed by atoms with Crippen LogP contribution in [0.4, 0.5) is 16.2 Å². The lowest BCUT2D eigenvalue weighted by molar-refractivity contribution is -0.0670. The number of fused-ring (bicyclic) bond motifs is 5. The normalized spacial score (nSPS) is 37.7. The van der Waals surface area contributed by atoms with Gasteiger partial charge in [-0.2, -0.15) is 4.98 Å². The monoisotopic (exact) mass is 676 g/mol. The maximum Gasteiger partial charge on any atom is 0.472 e. The number of H-pyrrole nitrogens is 1. The van der Waals surface area contributed by atoms with Gasteiger partial charge in [-0.15, -0.1) is 0 Å². The first-order valence-corrected chi connectivity index (χ1v) is 15.9. The van der Waals surface area contributed by atoms with Gasteiger partial charge in [-0.3, -0.25) is 37.0 Å². The predicted octanol–water partition coefficient (Wildman–Crippen LogP) is -1.36. The number of nitrogens with two attached hydrogens (primary N) is 2. The third-order valence-electron chi connectivity index (χ3n) is 7.28. The van der Waals surface area contributed by atoms with Crippen LogP contribution in [0.2, 0.25) is 0 Å². The minimum absolute atomic E-state index is 0.00648. The quantitative estimate of drug-likeness (QED) is 0.133. The highest BCUT2D eigenvalue weighted by Gasteiger charge is 2.54. The number of imidazole rings is 2. The molecular formula is C20H23FN10O12P2. The minimum Gasteiger partial charge on any atom is -0.387 e. The highest BCUT2D eigenvalue weighted by Crippen LogP contribution is 2.54. The van der Waals surface area contributed by atoms with E-state index in [4.69, 9.17) is 39.0 Å². The van der Waals surface area contributed by atoms with Crippen molar-refractivity contribution in [1.29, 1.82) is 0 Å². The van der Waals surface area contributed by atoms with Gasteiger partial charge in [-0.05, 0) is 0 Å². The summed E-state index contributed by atoms with van der Waals surface area (Å²) in [5, 5.41) is 11.0. The molecule has 0 aromatic carbocycles. The van der Waals surface area contributed by atoms with Crippen LogP contribution in [-0.4, -0.2) is 104 Å². The first-order chi connectivity index (χ1) is 21.3. The fourth-order valence-electron chi connectivity index (χ4n) is 5.26. The molecule has 242 valence electrons. The van der Waals surface area contributed by atoms with Gasteiger partial charge in [0.05, 0.1) is 25.9 Å². The molecule has 0 radical (unpaired) electrons. The van der Waals surface area contributed by atoms with Crippen molar-refractivity contribution in [2.75, 3.05) is 24.7 Å². The van der Waals surface area contributed by atoms with E-state index >= 15 is 4.39 Å². The van der Waals surface area contributed by atoms with Crippen LogP contribution in [0.1, 0.15) is 12.5 Å². The number of nitrogen functional groups attached to an aromatic ring is 2. The van der Waals surface area contributed by atoms with E-state index in [1.165, 1.54) is 0 Å². The maximum absolute atomic E-state index is 15.9. The number of aliphatic hydroxyl groups excluding tert-OH is 1. The fraction of sp³-hybridized carbons (Fsp3) is 0.500. The highest BCUT2D eigenvalue weighted by molar-refractivity contribution is 7.47. The topological polar surface area (TPSA) is 309 Å². The Morgan fingerprint density at radius 3 is 2.24 bits per heavy atom. The summed E-state index contributed by atoms with van der Waals surface area (Å²) >= 11 is 0. The number of phosphoric ester groups is 2. The van der Waals surface area contributed by atoms with Gasteiger partial charge in [0.1, 0.15) is 42.4 Å². The number of anilines is 2. The Balaban J connectivity index is 1.21. The number of phosphoric acid groups is 2. The summed E-state index contributed by atoms with van der Waals surface area (Å²) in [6.45, 7) is -1.77. The van der Waals surface area contributed by atoms with E-state index in [-0.39, 0.29) is 34.1 Å². The van der Waals surface area contributed by atoms with Crippen molar-refractivity contribution in [3.63, 3.8) is 0 Å². The molecule has 0 aliphatic carbocycles. The summed E-state index contributed by atoms with van der Waals surface area (Å²) in [6.07, 6.45) is -10.5. The minimum atomic E-state index is -5.15. The van der Waals surface area contributed by atoms with Gasteiger partial charge in [0.15, 0.2) is 41.3 Å². The molecule has 2 bridgehead atoms. The summed E-state index contributed by atoms with van der Waals surface area (Å²) in [4.78, 5) is 55.5. The molecule has 3 saturated heterocycles. The Kier molecular flexibility index (Phi) is 7.26. The van der Waals surface area contributed by atoms with Gasteiger partial charge >= 0.3 is 15.6 Å². The first kappa shape index (κ1) is 30.2. The van der Waals surface area contributed by atoms with E-state index in [0.29, 0.717) is 0 Å². The molecule has 3 aliphatic rings. The van der Waals surface area contributed by atoms with Crippen molar-refractivity contribution < 1.29 is 56.0 Å². The van der Waals surface area contributed by atoms with Crippen molar-refractivity contribution in [2.45, 2.75) is 49.1 Å². The number of alkyl halides is 1. The number of hydrogen-bond donors (Lipinski definition) is 6. The number of rotatable bonds is 2. The number of aromatic amines is 1. The van der Waals surface area contributed by atoms with Crippen LogP contribution in [0.15, 0.2) is 23.8 Å². The molecule has 8 N–H and O–H groups in total. The highest BCUT2D eigenvalue weighted by atomic mass is 31.2. The number of ether oxygens (including phenoxy) is 2. The van der Waals surface area contributed by atoms with Crippen LogP contribution in [0.3, 0.4) is 0 Å². The molecule has 0 amide bonds. The SMILES string of the molecule is Nc1nc2c(ncn2[C@@H]2O[C@@H]3COP(=O)(O)O[C@H]4[C@H](F)[C@H](n5cnc6c(N)ncnc65)O[C@@H]4COP(=O)(O)O[C@@H]2[C@@H]3O)c(=O)[nH]1. The third kappa shape index (κ3) is 5.30. The second-order valence-corrected chi connectivity index (χ2v) is 12.9. The Labute approximate surface area is 248 Å². The number of hydrogen-bond acceptors (Lipinski definition) is 17. The van der Waals surface area contributed by atoms with Crippen LogP contribution < -0.4 is 17.0 Å². The molecule has 10 atom stereocenters. The standard InChI is InChI=1S/C20H23FN10O12P2/c21-8-12-7(41-18(8)30-4-26-9-14(22)24-3-25-15(9)30)2-39-45(36,37)43-13-11(32)6(1-38-44(34,35)42-12)40-19(13)31-5-27-10-16(31)28-20(23)29-17(10)33/h3-8,11-13,18-19,32H,1-2H2,(H,34,35)(H,36,37)(H2,22,24,25)(H3,23,28,29,33)/t6-,7-,8+,11-,12-,13-,18-,19-/m1/s1. The van der Waals surface area contributed by atoms with Gasteiger partial charge in [0.2, 0.25) is 5.95 Å². The van der Waals surface area contributed by atoms with Crippen LogP contribution in [0.5, 0.6) is 0 Å². The molecule has 7 heterocycles. The average Bonchev–Trinajstić information content (AvgIpc) is 3.72. The predicted molar refractivity (Wildman–Crippen MR) is 142 cm³/mol. The fourth-order valence-corrected chi connectivity index (χ4v) is 7.15. The summed E-state index contributed by atoms with van der Waals surface area (Å²) < 4.78 is 76.3. The molecule has 0 saturated carbocycles. The van der Waals surface area contributed by atoms with Crippen LogP contribution in [0.25, 0.3) is 22.3 Å². The van der Waals surface area contributed by atoms with Crippen LogP contribution >= 0.6 is 15.6 Å². The van der Waals surface area contributed by atoms with Gasteiger partial charge in [-0.25, -0.2) is 33.5 Å². The Morgan fingerprint density at radius 2 is 1.51 bits per heavy atom. The van der Waals surface area contributed by atoms with Crippen molar-refractivity contribution in [3.8, 4) is 0 Å². The molecule has 45 heavy (non-hydrogen) atoms. The Hall–Kier alpha value is -3.47. The molecule has 22 nitrogen and oxygen atoms in total. The lowest BCUT2D eigenvalue weighted by Crippen LogP contribution is -2.35. The second-order valence-electron chi connectivity index (χ2n) is 10.1. The third-order valence-corrected chi connectivity index (χ3v) is 9.25. The van der Waals surface area contributed by atoms with E-state index in [1.807, 2.05) is 0 Å². The van der Waals surface area contributed by atoms with E-state index in [9.17, 15) is 28.8 Å². The lowest BCUT2D eigenvalue weighted by atomic mass is 10.1. The van der Waals surface area contributed by atoms with E-state index in [2.05, 4.69) is 29.9 Å². The van der Waals surface area contributed by atoms with Crippen LogP contribution in [-0.2, 0) is 36.7 Å². The summed E-state index contributed by atoms with van der Waals surface area (Å²) in [5.74, 6) is -0.301. The summed E-state index contributed by atoms with van der Waals surface area (Å²) in [7, 11) is -10.3. The smallest absolute Gasteiger partial charge is 0.387 e. The van der Waals surface area contributed by atoms with E-state index in [1.54, 1.807) is 0 Å². The Morgan fingerprint density at radius 1 is 0.889 bits per heavy atom. The zero-order chi connectivity index (χ0) is 31.8. The number of aliphatic hydroxyl groups is 1. The molecule has 7 rings (SSSR count). The average molecular weight is 676 g/mol. The first-order valence-electron chi connectivity index (χ1n) is 12.9. The second kappa shape index (κ2) is 10.8. The van der Waals surface area contributed by atoms with Gasteiger partial charge in [-0.1, -0.05) is 0 Å². The van der Waals surface area contributed by atoms with Crippen molar-refractivity contribution in [2.24, 2.45) is 0 Å². The molecule has 2 unspecified atom stereocenters. The number of aromatic nitrogens is 8. The van der Waals surface area contributed by atoms with E-state index in [0.717, 1.165) is 28.1 Å². The molecule has 3 fully saturated rings. The van der Waals surface area contributed by atoms with Gasteiger partial charge < -0.3 is 35.8 Å². The lowest BCUT2D eigenvalue weighted by Gasteiger charge is -2.25. The summed E-state index contributed by atoms with van der Waals surface area (Å²) in [5.41, 5.74) is 10.6.